The Balaban J connectivity index is 0. The van der Waals surface area contributed by atoms with Gasteiger partial charge in [-0.1, -0.05) is 48.2 Å². The third-order valence-corrected chi connectivity index (χ3v) is 5.86. The Kier molecular flexibility index (Phi) is 13.7. The summed E-state index contributed by atoms with van der Waals surface area (Å²) in [6, 6.07) is 4.42. The van der Waals surface area contributed by atoms with Gasteiger partial charge in [0.15, 0.2) is 0 Å². The van der Waals surface area contributed by atoms with Gasteiger partial charge in [0.25, 0.3) is 0 Å². The minimum Gasteiger partial charge on any atom is -0.411 e. The van der Waals surface area contributed by atoms with Crippen LogP contribution >= 0.6 is 0 Å². The summed E-state index contributed by atoms with van der Waals surface area (Å²) < 4.78 is 0. The Labute approximate surface area is 173 Å². The zero-order chi connectivity index (χ0) is 13.7. The van der Waals surface area contributed by atoms with E-state index in [-0.39, 0.29) is 59.1 Å². The average Bonchev–Trinajstić information content (AvgIpc) is 2.34. The summed E-state index contributed by atoms with van der Waals surface area (Å²) in [4.78, 5) is 0. The molecule has 0 saturated carbocycles. The first-order valence-corrected chi connectivity index (χ1v) is 8.48. The topological polar surface area (TPSA) is 0 Å². The van der Waals surface area contributed by atoms with Gasteiger partial charge < -0.3 is 18.2 Å². The van der Waals surface area contributed by atoms with E-state index in [9.17, 15) is 0 Å². The van der Waals surface area contributed by atoms with Crippen molar-refractivity contribution >= 4 is 18.2 Å². The first-order chi connectivity index (χ1) is 8.43. The minimum atomic E-state index is 0. The van der Waals surface area contributed by atoms with Crippen molar-refractivity contribution in [2.24, 2.45) is 0 Å². The summed E-state index contributed by atoms with van der Waals surface area (Å²) in [5, 5.41) is 3.07. The van der Waals surface area contributed by atoms with Gasteiger partial charge >= 0.3 is 59.1 Å². The van der Waals surface area contributed by atoms with E-state index in [1.54, 1.807) is 0 Å². The number of hydrogen-bond acceptors (Lipinski definition) is 0. The van der Waals surface area contributed by atoms with Crippen LogP contribution in [-0.4, -0.2) is 18.2 Å². The van der Waals surface area contributed by atoms with Crippen LogP contribution < -0.4 is 59.1 Å². The van der Waals surface area contributed by atoms with Crippen LogP contribution in [0.5, 0.6) is 0 Å². The van der Waals surface area contributed by atoms with E-state index in [4.69, 9.17) is 0 Å². The summed E-state index contributed by atoms with van der Waals surface area (Å²) in [7, 11) is 1.84. The van der Waals surface area contributed by atoms with E-state index in [2.05, 4.69) is 65.0 Å². The molecule has 0 aliphatic rings. The molecule has 2 heterocycles. The summed E-state index contributed by atoms with van der Waals surface area (Å²) >= 11 is 0. The predicted molar refractivity (Wildman–Crippen MR) is 84.0 cm³/mol. The van der Waals surface area contributed by atoms with Crippen LogP contribution in [-0.2, 0) is 0 Å². The Morgan fingerprint density at radius 2 is 0.900 bits per heavy atom. The summed E-state index contributed by atoms with van der Waals surface area (Å²) in [6.45, 7) is 13.1. The van der Waals surface area contributed by atoms with Crippen molar-refractivity contribution < 1.29 is 59.1 Å². The zero-order valence-electron chi connectivity index (χ0n) is 14.3. The van der Waals surface area contributed by atoms with Crippen molar-refractivity contribution in [1.29, 1.82) is 0 Å². The molecule has 96 valence electrons. The molecule has 0 saturated heterocycles. The molecule has 0 aliphatic heterocycles. The average molecular weight is 317 g/mol. The zero-order valence-corrected chi connectivity index (χ0v) is 20.3. The van der Waals surface area contributed by atoms with Gasteiger partial charge in [0.2, 0.25) is 0 Å². The van der Waals surface area contributed by atoms with Crippen molar-refractivity contribution in [3.63, 3.8) is 0 Å². The smallest absolute Gasteiger partial charge is 0.411 e. The number of rotatable bonds is 0. The fourth-order valence-corrected chi connectivity index (χ4v) is 3.64. The Morgan fingerprint density at radius 1 is 0.600 bits per heavy atom. The fraction of sp³-hybridized carbons (Fsp3) is 0.375. The van der Waals surface area contributed by atoms with E-state index < -0.39 is 0 Å². The van der Waals surface area contributed by atoms with E-state index in [1.165, 1.54) is 32.6 Å². The van der Waals surface area contributed by atoms with E-state index in [0.717, 1.165) is 18.2 Å². The molecule has 0 spiro atoms. The van der Waals surface area contributed by atoms with Crippen LogP contribution in [0.15, 0.2) is 23.5 Å². The standard InChI is InChI=1S/2C8H11Si.2Na/c2*1-6-4-5-9-8(3)7(6)2;;/h2*4-5H,1-3H3;;/q2*-1;2*+1. The molecule has 4 heteroatoms. The molecule has 0 fully saturated rings. The molecule has 0 amide bonds. The molecule has 0 unspecified atom stereocenters. The molecule has 2 rings (SSSR count). The predicted octanol–water partition coefficient (Wildman–Crippen LogP) is -2.09. The van der Waals surface area contributed by atoms with Gasteiger partial charge in [-0.2, -0.15) is 0 Å². The second kappa shape index (κ2) is 11.7. The first kappa shape index (κ1) is 23.4. The molecule has 0 bridgehead atoms. The second-order valence-corrected chi connectivity index (χ2v) is 7.57. The summed E-state index contributed by atoms with van der Waals surface area (Å²) in [5.74, 6) is 0. The number of hydrogen-bond donors (Lipinski definition) is 0. The van der Waals surface area contributed by atoms with Crippen LogP contribution in [0, 0.1) is 41.5 Å². The molecule has 0 N–H and O–H groups in total. The van der Waals surface area contributed by atoms with Crippen LogP contribution in [0.1, 0.15) is 32.6 Å². The number of aryl methyl sites for hydroxylation is 4. The van der Waals surface area contributed by atoms with Gasteiger partial charge in [0.1, 0.15) is 0 Å². The monoisotopic (exact) mass is 316 g/mol. The molecular formula is C16H22Na2Si2. The van der Waals surface area contributed by atoms with Gasteiger partial charge in [-0.05, 0) is 27.7 Å². The van der Waals surface area contributed by atoms with Gasteiger partial charge in [-0.3, -0.25) is 11.4 Å². The van der Waals surface area contributed by atoms with Crippen molar-refractivity contribution in [2.45, 2.75) is 41.5 Å². The van der Waals surface area contributed by atoms with Gasteiger partial charge in [-0.15, -0.1) is 0 Å². The van der Waals surface area contributed by atoms with E-state index in [1.807, 2.05) is 0 Å². The maximum atomic E-state index is 2.25. The van der Waals surface area contributed by atoms with Crippen molar-refractivity contribution in [3.05, 3.63) is 56.1 Å². The Bertz CT molecular complexity index is 450. The van der Waals surface area contributed by atoms with Gasteiger partial charge in [0, 0.05) is 0 Å². The van der Waals surface area contributed by atoms with Crippen LogP contribution in [0.25, 0.3) is 0 Å². The maximum Gasteiger partial charge on any atom is 1.00 e. The molecule has 2 aromatic heterocycles. The van der Waals surface area contributed by atoms with E-state index >= 15 is 0 Å². The van der Waals surface area contributed by atoms with Gasteiger partial charge in [-0.25, -0.2) is 10.3 Å². The van der Waals surface area contributed by atoms with Crippen LogP contribution in [0.4, 0.5) is 0 Å². The molecule has 0 nitrogen and oxygen atoms in total. The minimum absolute atomic E-state index is 0. The van der Waals surface area contributed by atoms with Crippen molar-refractivity contribution in [3.8, 4) is 0 Å². The largest absolute Gasteiger partial charge is 1.00 e. The normalized spacial score (nSPS) is 8.70. The molecule has 0 aliphatic carbocycles. The van der Waals surface area contributed by atoms with Crippen LogP contribution in [0.2, 0.25) is 0 Å². The third kappa shape index (κ3) is 7.41. The molecule has 20 heavy (non-hydrogen) atoms. The molecule has 2 aromatic rings. The fourth-order valence-electron chi connectivity index (χ4n) is 1.64. The van der Waals surface area contributed by atoms with Crippen molar-refractivity contribution in [2.75, 3.05) is 0 Å². The summed E-state index contributed by atoms with van der Waals surface area (Å²) in [6.07, 6.45) is 0. The SMILES string of the molecule is Cc1cc[si-]c(C)c1C.Cc1cc[si-]c(C)c1C.[Na+].[Na+]. The van der Waals surface area contributed by atoms with E-state index in [0.29, 0.717) is 0 Å². The summed E-state index contributed by atoms with van der Waals surface area (Å²) in [5.41, 5.74) is 10.3. The Hall–Kier alpha value is 1.13. The quantitative estimate of drug-likeness (QED) is 0.489. The first-order valence-electron chi connectivity index (χ1n) is 6.32. The third-order valence-electron chi connectivity index (χ3n) is 3.57. The molecule has 0 radical (unpaired) electrons. The van der Waals surface area contributed by atoms with Crippen LogP contribution in [0.3, 0.4) is 0 Å². The molecule has 0 aromatic carbocycles. The second-order valence-electron chi connectivity index (χ2n) is 4.82. The molecule has 0 atom stereocenters. The Morgan fingerprint density at radius 3 is 1.10 bits per heavy atom. The van der Waals surface area contributed by atoms with Crippen molar-refractivity contribution in [1.82, 2.24) is 0 Å². The maximum absolute atomic E-state index is 2.25. The molecular weight excluding hydrogens is 294 g/mol. The van der Waals surface area contributed by atoms with Gasteiger partial charge in [0.05, 0.1) is 0 Å².